The Morgan fingerprint density at radius 1 is 1.44 bits per heavy atom. The quantitative estimate of drug-likeness (QED) is 0.772. The van der Waals surface area contributed by atoms with Crippen LogP contribution >= 0.6 is 11.6 Å². The fraction of sp³-hybridized carbons (Fsp3) is 0.643. The van der Waals surface area contributed by atoms with Crippen LogP contribution in [0.4, 0.5) is 5.82 Å². The zero-order valence-electron chi connectivity index (χ0n) is 11.3. The second-order valence-corrected chi connectivity index (χ2v) is 6.04. The standard InChI is InChI=1S/C14H21ClN2O/c1-14(2,3)11-4-5-13(16-9-11)17-6-7-18-10-12(17)8-15/h4-5,9,12H,6-8,10H2,1-3H3. The highest BCUT2D eigenvalue weighted by Crippen LogP contribution is 2.24. The average Bonchev–Trinajstić information content (AvgIpc) is 2.38. The molecule has 1 fully saturated rings. The van der Waals surface area contributed by atoms with Crippen molar-refractivity contribution in [1.29, 1.82) is 0 Å². The van der Waals surface area contributed by atoms with Gasteiger partial charge in [-0.1, -0.05) is 26.8 Å². The minimum absolute atomic E-state index is 0.141. The summed E-state index contributed by atoms with van der Waals surface area (Å²) in [5, 5.41) is 0. The third-order valence-electron chi connectivity index (χ3n) is 3.31. The summed E-state index contributed by atoms with van der Waals surface area (Å²) in [7, 11) is 0. The first-order valence-electron chi connectivity index (χ1n) is 6.39. The lowest BCUT2D eigenvalue weighted by Crippen LogP contribution is -2.47. The van der Waals surface area contributed by atoms with Gasteiger partial charge in [-0.25, -0.2) is 4.98 Å². The van der Waals surface area contributed by atoms with Gasteiger partial charge in [-0.05, 0) is 17.0 Å². The van der Waals surface area contributed by atoms with Crippen molar-refractivity contribution >= 4 is 17.4 Å². The van der Waals surface area contributed by atoms with Crippen LogP contribution in [0.1, 0.15) is 26.3 Å². The highest BCUT2D eigenvalue weighted by molar-refractivity contribution is 6.18. The van der Waals surface area contributed by atoms with E-state index in [-0.39, 0.29) is 11.5 Å². The molecule has 1 saturated heterocycles. The van der Waals surface area contributed by atoms with Crippen LogP contribution in [0.25, 0.3) is 0 Å². The van der Waals surface area contributed by atoms with E-state index in [2.05, 4.69) is 42.8 Å². The molecule has 4 heteroatoms. The van der Waals surface area contributed by atoms with E-state index in [9.17, 15) is 0 Å². The van der Waals surface area contributed by atoms with E-state index in [1.165, 1.54) is 5.56 Å². The molecule has 1 atom stereocenters. The zero-order chi connectivity index (χ0) is 13.2. The highest BCUT2D eigenvalue weighted by atomic mass is 35.5. The number of hydrogen-bond donors (Lipinski definition) is 0. The number of ether oxygens (including phenoxy) is 1. The van der Waals surface area contributed by atoms with Crippen LogP contribution in [-0.4, -0.2) is 36.7 Å². The van der Waals surface area contributed by atoms with Crippen LogP contribution < -0.4 is 4.90 Å². The molecule has 0 bridgehead atoms. The summed E-state index contributed by atoms with van der Waals surface area (Å²) in [6, 6.07) is 4.47. The molecule has 0 N–H and O–H groups in total. The van der Waals surface area contributed by atoms with E-state index in [0.717, 1.165) is 19.0 Å². The van der Waals surface area contributed by atoms with Crippen LogP contribution in [0.3, 0.4) is 0 Å². The lowest BCUT2D eigenvalue weighted by Gasteiger charge is -2.35. The van der Waals surface area contributed by atoms with E-state index in [1.54, 1.807) is 0 Å². The molecular weight excluding hydrogens is 248 g/mol. The predicted octanol–water partition coefficient (Wildman–Crippen LogP) is 2.82. The van der Waals surface area contributed by atoms with Gasteiger partial charge in [0.15, 0.2) is 0 Å². The number of morpholine rings is 1. The summed E-state index contributed by atoms with van der Waals surface area (Å²) in [4.78, 5) is 6.82. The number of hydrogen-bond acceptors (Lipinski definition) is 3. The molecule has 1 aromatic heterocycles. The Balaban J connectivity index is 2.18. The maximum atomic E-state index is 5.98. The normalized spacial score (nSPS) is 21.1. The van der Waals surface area contributed by atoms with Crippen molar-refractivity contribution in [2.75, 3.05) is 30.5 Å². The zero-order valence-corrected chi connectivity index (χ0v) is 12.1. The van der Waals surface area contributed by atoms with Gasteiger partial charge in [0.2, 0.25) is 0 Å². The van der Waals surface area contributed by atoms with Crippen molar-refractivity contribution in [2.24, 2.45) is 0 Å². The van der Waals surface area contributed by atoms with Crippen molar-refractivity contribution < 1.29 is 4.74 Å². The lowest BCUT2D eigenvalue weighted by atomic mass is 9.88. The Kier molecular flexibility index (Phi) is 4.13. The molecule has 0 radical (unpaired) electrons. The van der Waals surface area contributed by atoms with Gasteiger partial charge in [-0.2, -0.15) is 0 Å². The molecule has 0 amide bonds. The van der Waals surface area contributed by atoms with Gasteiger partial charge in [-0.3, -0.25) is 0 Å². The smallest absolute Gasteiger partial charge is 0.128 e. The van der Waals surface area contributed by atoms with Crippen LogP contribution in [0.5, 0.6) is 0 Å². The first-order chi connectivity index (χ1) is 8.52. The second kappa shape index (κ2) is 5.45. The van der Waals surface area contributed by atoms with Gasteiger partial charge >= 0.3 is 0 Å². The van der Waals surface area contributed by atoms with E-state index in [4.69, 9.17) is 16.3 Å². The number of alkyl halides is 1. The van der Waals surface area contributed by atoms with Gasteiger partial charge in [0.25, 0.3) is 0 Å². The lowest BCUT2D eigenvalue weighted by molar-refractivity contribution is 0.0994. The fourth-order valence-corrected chi connectivity index (χ4v) is 2.34. The topological polar surface area (TPSA) is 25.4 Å². The number of rotatable bonds is 2. The molecule has 1 aliphatic rings. The molecule has 1 unspecified atom stereocenters. The summed E-state index contributed by atoms with van der Waals surface area (Å²) in [5.41, 5.74) is 1.39. The maximum absolute atomic E-state index is 5.98. The molecule has 0 saturated carbocycles. The SMILES string of the molecule is CC(C)(C)c1ccc(N2CCOCC2CCl)nc1. The van der Waals surface area contributed by atoms with Crippen LogP contribution in [0.2, 0.25) is 0 Å². The van der Waals surface area contributed by atoms with Crippen molar-refractivity contribution in [1.82, 2.24) is 4.98 Å². The van der Waals surface area contributed by atoms with Gasteiger partial charge < -0.3 is 9.64 Å². The Labute approximate surface area is 114 Å². The highest BCUT2D eigenvalue weighted by Gasteiger charge is 2.23. The molecule has 3 nitrogen and oxygen atoms in total. The fourth-order valence-electron chi connectivity index (χ4n) is 2.08. The van der Waals surface area contributed by atoms with Gasteiger partial charge in [-0.15, -0.1) is 11.6 Å². The van der Waals surface area contributed by atoms with Crippen molar-refractivity contribution in [3.05, 3.63) is 23.9 Å². The van der Waals surface area contributed by atoms with Crippen LogP contribution in [0.15, 0.2) is 18.3 Å². The molecular formula is C14H21ClN2O. The summed E-state index contributed by atoms with van der Waals surface area (Å²) in [6.07, 6.45) is 1.97. The Morgan fingerprint density at radius 2 is 2.22 bits per heavy atom. The molecule has 1 aliphatic heterocycles. The predicted molar refractivity (Wildman–Crippen MR) is 75.6 cm³/mol. The van der Waals surface area contributed by atoms with Gasteiger partial charge in [0, 0.05) is 18.6 Å². The molecule has 1 aromatic rings. The Morgan fingerprint density at radius 3 is 2.78 bits per heavy atom. The maximum Gasteiger partial charge on any atom is 0.128 e. The molecule has 0 spiro atoms. The minimum atomic E-state index is 0.141. The number of anilines is 1. The summed E-state index contributed by atoms with van der Waals surface area (Å²) in [6.45, 7) is 8.88. The number of halogens is 1. The third-order valence-corrected chi connectivity index (χ3v) is 3.67. The molecule has 100 valence electrons. The summed E-state index contributed by atoms with van der Waals surface area (Å²) < 4.78 is 5.45. The van der Waals surface area contributed by atoms with Crippen molar-refractivity contribution in [3.63, 3.8) is 0 Å². The van der Waals surface area contributed by atoms with Crippen LogP contribution in [0, 0.1) is 0 Å². The Hall–Kier alpha value is -0.800. The molecule has 2 rings (SSSR count). The van der Waals surface area contributed by atoms with Crippen molar-refractivity contribution in [2.45, 2.75) is 32.2 Å². The van der Waals surface area contributed by atoms with Gasteiger partial charge in [0.1, 0.15) is 5.82 Å². The van der Waals surface area contributed by atoms with Crippen molar-refractivity contribution in [3.8, 4) is 0 Å². The van der Waals surface area contributed by atoms with Crippen LogP contribution in [-0.2, 0) is 10.2 Å². The second-order valence-electron chi connectivity index (χ2n) is 5.73. The third kappa shape index (κ3) is 2.96. The number of aromatic nitrogens is 1. The monoisotopic (exact) mass is 268 g/mol. The number of pyridine rings is 1. The van der Waals surface area contributed by atoms with E-state index in [1.807, 2.05) is 6.20 Å². The minimum Gasteiger partial charge on any atom is -0.377 e. The molecule has 2 heterocycles. The first kappa shape index (κ1) is 13.6. The molecule has 0 aliphatic carbocycles. The summed E-state index contributed by atoms with van der Waals surface area (Å²) in [5.74, 6) is 1.57. The van der Waals surface area contributed by atoms with Gasteiger partial charge in [0.05, 0.1) is 19.3 Å². The Bertz CT molecular complexity index is 386. The molecule has 0 aromatic carbocycles. The number of nitrogens with zero attached hydrogens (tertiary/aromatic N) is 2. The largest absolute Gasteiger partial charge is 0.377 e. The van der Waals surface area contributed by atoms with E-state index in [0.29, 0.717) is 12.5 Å². The average molecular weight is 269 g/mol. The first-order valence-corrected chi connectivity index (χ1v) is 6.92. The van der Waals surface area contributed by atoms with E-state index < -0.39 is 0 Å². The summed E-state index contributed by atoms with van der Waals surface area (Å²) >= 11 is 5.98. The van der Waals surface area contributed by atoms with E-state index >= 15 is 0 Å². The molecule has 18 heavy (non-hydrogen) atoms.